The van der Waals surface area contributed by atoms with Crippen molar-refractivity contribution in [2.24, 2.45) is 0 Å². The fourth-order valence-electron chi connectivity index (χ4n) is 2.68. The molecule has 0 aliphatic rings. The maximum atomic E-state index is 12.2. The standard InChI is InChI=1S/C19H23N5O4/c1-2-15(25)14-10-12(7-5-11(14)6-8-16(26)27)22-9-3-4-13-17(20)23-19(21)24-18(13)28/h5-8,10,22H,2-4,9H2,1H3,(H,26,27)(H5,20,21,23,24,28). The lowest BCUT2D eigenvalue weighted by molar-refractivity contribution is -0.131. The van der Waals surface area contributed by atoms with Gasteiger partial charge in [0.15, 0.2) is 5.78 Å². The van der Waals surface area contributed by atoms with E-state index in [0.717, 1.165) is 11.8 Å². The number of nitrogens with two attached hydrogens (primary N) is 2. The molecule has 0 aliphatic heterocycles. The molecule has 1 aromatic heterocycles. The quantitative estimate of drug-likeness (QED) is 0.247. The Hall–Kier alpha value is -3.62. The summed E-state index contributed by atoms with van der Waals surface area (Å²) in [5.41, 5.74) is 12.9. The first kappa shape index (κ1) is 20.7. The first-order chi connectivity index (χ1) is 13.3. The van der Waals surface area contributed by atoms with E-state index in [1.807, 2.05) is 0 Å². The SMILES string of the molecule is CCC(=O)c1cc(NCCCc2c(N)nc(N)[nH]c2=O)ccc1C=CC(=O)O. The molecule has 0 aliphatic carbocycles. The molecular weight excluding hydrogens is 362 g/mol. The second kappa shape index (κ2) is 9.36. The summed E-state index contributed by atoms with van der Waals surface area (Å²) in [6, 6.07) is 5.15. The Morgan fingerprint density at radius 2 is 2.07 bits per heavy atom. The van der Waals surface area contributed by atoms with Crippen molar-refractivity contribution in [3.8, 4) is 0 Å². The Bertz CT molecular complexity index is 965. The van der Waals surface area contributed by atoms with Crippen molar-refractivity contribution in [1.82, 2.24) is 9.97 Å². The Morgan fingerprint density at radius 3 is 2.71 bits per heavy atom. The normalized spacial score (nSPS) is 10.9. The molecule has 0 saturated heterocycles. The third-order valence-corrected chi connectivity index (χ3v) is 4.08. The molecule has 0 bridgehead atoms. The van der Waals surface area contributed by atoms with Crippen molar-refractivity contribution in [2.45, 2.75) is 26.2 Å². The highest BCUT2D eigenvalue weighted by Gasteiger charge is 2.10. The van der Waals surface area contributed by atoms with E-state index in [2.05, 4.69) is 15.3 Å². The molecule has 0 saturated carbocycles. The van der Waals surface area contributed by atoms with Gasteiger partial charge in [0, 0.05) is 30.3 Å². The Kier molecular flexibility index (Phi) is 6.91. The topological polar surface area (TPSA) is 164 Å². The maximum Gasteiger partial charge on any atom is 0.328 e. The van der Waals surface area contributed by atoms with Crippen LogP contribution in [0.2, 0.25) is 0 Å². The van der Waals surface area contributed by atoms with Gasteiger partial charge in [0.25, 0.3) is 5.56 Å². The van der Waals surface area contributed by atoms with Crippen LogP contribution in [0.25, 0.3) is 6.08 Å². The smallest absolute Gasteiger partial charge is 0.328 e. The van der Waals surface area contributed by atoms with Gasteiger partial charge >= 0.3 is 5.97 Å². The van der Waals surface area contributed by atoms with Crippen LogP contribution in [0.15, 0.2) is 29.1 Å². The third kappa shape index (κ3) is 5.44. The number of carbonyl (C=O) groups is 2. The molecular formula is C19H23N5O4. The third-order valence-electron chi connectivity index (χ3n) is 4.08. The van der Waals surface area contributed by atoms with E-state index in [1.54, 1.807) is 25.1 Å². The van der Waals surface area contributed by atoms with Crippen LogP contribution in [-0.2, 0) is 11.2 Å². The average Bonchev–Trinajstić information content (AvgIpc) is 2.64. The summed E-state index contributed by atoms with van der Waals surface area (Å²) in [6.45, 7) is 2.28. The molecule has 2 rings (SSSR count). The van der Waals surface area contributed by atoms with Crippen LogP contribution in [-0.4, -0.2) is 33.4 Å². The molecule has 0 atom stereocenters. The van der Waals surface area contributed by atoms with Gasteiger partial charge < -0.3 is 21.9 Å². The summed E-state index contributed by atoms with van der Waals surface area (Å²) in [7, 11) is 0. The number of hydrogen-bond donors (Lipinski definition) is 5. The van der Waals surface area contributed by atoms with Crippen LogP contribution in [0.4, 0.5) is 17.5 Å². The minimum absolute atomic E-state index is 0.0190. The second-order valence-electron chi connectivity index (χ2n) is 6.10. The van der Waals surface area contributed by atoms with E-state index in [1.165, 1.54) is 6.08 Å². The lowest BCUT2D eigenvalue weighted by Gasteiger charge is -2.11. The zero-order chi connectivity index (χ0) is 20.7. The predicted molar refractivity (Wildman–Crippen MR) is 108 cm³/mol. The van der Waals surface area contributed by atoms with E-state index in [0.29, 0.717) is 42.5 Å². The monoisotopic (exact) mass is 385 g/mol. The lowest BCUT2D eigenvalue weighted by atomic mass is 10.0. The number of nitrogen functional groups attached to an aromatic ring is 2. The van der Waals surface area contributed by atoms with Crippen LogP contribution in [0.5, 0.6) is 0 Å². The number of hydrogen-bond acceptors (Lipinski definition) is 7. The van der Waals surface area contributed by atoms with Gasteiger partial charge in [0.1, 0.15) is 5.82 Å². The highest BCUT2D eigenvalue weighted by atomic mass is 16.4. The zero-order valence-corrected chi connectivity index (χ0v) is 15.5. The number of aliphatic carboxylic acids is 1. The predicted octanol–water partition coefficient (Wildman–Crippen LogP) is 1.67. The highest BCUT2D eigenvalue weighted by Crippen LogP contribution is 2.19. The van der Waals surface area contributed by atoms with E-state index in [9.17, 15) is 14.4 Å². The first-order valence-electron chi connectivity index (χ1n) is 8.78. The van der Waals surface area contributed by atoms with E-state index < -0.39 is 5.97 Å². The molecule has 0 fully saturated rings. The number of Topliss-reactive ketones (excluding diaryl/α,β-unsaturated/α-hetero) is 1. The van der Waals surface area contributed by atoms with Crippen LogP contribution >= 0.6 is 0 Å². The number of aromatic nitrogens is 2. The minimum atomic E-state index is -1.08. The number of nitrogens with one attached hydrogen (secondary N) is 2. The first-order valence-corrected chi connectivity index (χ1v) is 8.78. The molecule has 0 radical (unpaired) electrons. The van der Waals surface area contributed by atoms with Gasteiger partial charge in [0.05, 0.1) is 5.56 Å². The second-order valence-corrected chi connectivity index (χ2v) is 6.10. The van der Waals surface area contributed by atoms with Crippen molar-refractivity contribution >= 4 is 35.3 Å². The summed E-state index contributed by atoms with van der Waals surface area (Å²) in [5.74, 6) is -1.06. The number of carbonyl (C=O) groups excluding carboxylic acids is 1. The number of benzene rings is 1. The minimum Gasteiger partial charge on any atom is -0.478 e. The lowest BCUT2D eigenvalue weighted by Crippen LogP contribution is -2.20. The number of rotatable bonds is 9. The largest absolute Gasteiger partial charge is 0.478 e. The summed E-state index contributed by atoms with van der Waals surface area (Å²) in [4.78, 5) is 41.0. The molecule has 2 aromatic rings. The van der Waals surface area contributed by atoms with Crippen molar-refractivity contribution in [1.29, 1.82) is 0 Å². The van der Waals surface area contributed by atoms with Crippen LogP contribution in [0, 0.1) is 0 Å². The average molecular weight is 385 g/mol. The van der Waals surface area contributed by atoms with Gasteiger partial charge in [-0.3, -0.25) is 14.6 Å². The molecule has 1 heterocycles. The van der Waals surface area contributed by atoms with Gasteiger partial charge in [0.2, 0.25) is 5.95 Å². The van der Waals surface area contributed by atoms with Gasteiger partial charge in [-0.25, -0.2) is 4.79 Å². The van der Waals surface area contributed by atoms with E-state index in [4.69, 9.17) is 16.6 Å². The number of carboxylic acids is 1. The summed E-state index contributed by atoms with van der Waals surface area (Å²) >= 11 is 0. The Labute approximate surface area is 161 Å². The molecule has 9 heteroatoms. The van der Waals surface area contributed by atoms with Crippen LogP contribution in [0.1, 0.15) is 41.3 Å². The van der Waals surface area contributed by atoms with Crippen LogP contribution < -0.4 is 22.3 Å². The van der Waals surface area contributed by atoms with Gasteiger partial charge in [-0.2, -0.15) is 4.98 Å². The molecule has 9 nitrogen and oxygen atoms in total. The molecule has 0 unspecified atom stereocenters. The van der Waals surface area contributed by atoms with Gasteiger partial charge in [-0.05, 0) is 36.6 Å². The van der Waals surface area contributed by atoms with Crippen molar-refractivity contribution in [2.75, 3.05) is 23.3 Å². The number of nitrogens with zero attached hydrogens (tertiary/aromatic N) is 1. The number of anilines is 3. The molecule has 148 valence electrons. The summed E-state index contributed by atoms with van der Waals surface area (Å²) < 4.78 is 0. The summed E-state index contributed by atoms with van der Waals surface area (Å²) in [5, 5.41) is 12.0. The molecule has 28 heavy (non-hydrogen) atoms. The summed E-state index contributed by atoms with van der Waals surface area (Å²) in [6.07, 6.45) is 3.73. The van der Waals surface area contributed by atoms with Gasteiger partial charge in [-0.15, -0.1) is 0 Å². The Balaban J connectivity index is 2.05. The molecule has 1 aromatic carbocycles. The van der Waals surface area contributed by atoms with Crippen molar-refractivity contribution in [3.63, 3.8) is 0 Å². The maximum absolute atomic E-state index is 12.2. The fourth-order valence-corrected chi connectivity index (χ4v) is 2.68. The number of carboxylic acid groups (broad SMARTS) is 1. The number of aromatic amines is 1. The Morgan fingerprint density at radius 1 is 1.32 bits per heavy atom. The molecule has 0 spiro atoms. The number of ketones is 1. The van der Waals surface area contributed by atoms with Crippen molar-refractivity contribution in [3.05, 3.63) is 51.3 Å². The van der Waals surface area contributed by atoms with E-state index in [-0.39, 0.29) is 23.1 Å². The fraction of sp³-hybridized carbons (Fsp3) is 0.263. The molecule has 0 amide bonds. The van der Waals surface area contributed by atoms with E-state index >= 15 is 0 Å². The zero-order valence-electron chi connectivity index (χ0n) is 15.5. The van der Waals surface area contributed by atoms with Crippen LogP contribution in [0.3, 0.4) is 0 Å². The number of H-pyrrole nitrogens is 1. The molecule has 7 N–H and O–H groups in total. The van der Waals surface area contributed by atoms with Crippen molar-refractivity contribution < 1.29 is 14.7 Å². The van der Waals surface area contributed by atoms with Gasteiger partial charge in [-0.1, -0.05) is 13.0 Å². The highest BCUT2D eigenvalue weighted by molar-refractivity contribution is 6.01.